The molecule has 0 bridgehead atoms. The van der Waals surface area contributed by atoms with E-state index in [9.17, 15) is 9.59 Å². The van der Waals surface area contributed by atoms with Gasteiger partial charge in [-0.1, -0.05) is 17.3 Å². The zero-order chi connectivity index (χ0) is 13.5. The van der Waals surface area contributed by atoms with Crippen LogP contribution in [0.4, 0.5) is 0 Å². The van der Waals surface area contributed by atoms with Crippen molar-refractivity contribution in [3.63, 3.8) is 0 Å². The SMILES string of the molecule is CCOC(=O)/C(=N\O)C(=O)c1ccccc1OC. The number of rotatable bonds is 5. The van der Waals surface area contributed by atoms with Crippen LogP contribution in [0, 0.1) is 0 Å². The predicted octanol–water partition coefficient (Wildman–Crippen LogP) is 1.27. The highest BCUT2D eigenvalue weighted by atomic mass is 16.5. The zero-order valence-electron chi connectivity index (χ0n) is 10.0. The summed E-state index contributed by atoms with van der Waals surface area (Å²) in [5.74, 6) is -1.45. The molecule has 0 unspecified atom stereocenters. The van der Waals surface area contributed by atoms with Crippen LogP contribution in [0.15, 0.2) is 29.4 Å². The van der Waals surface area contributed by atoms with Gasteiger partial charge in [-0.05, 0) is 19.1 Å². The van der Waals surface area contributed by atoms with Gasteiger partial charge >= 0.3 is 5.97 Å². The van der Waals surface area contributed by atoms with Gasteiger partial charge in [0.2, 0.25) is 11.5 Å². The van der Waals surface area contributed by atoms with Crippen LogP contribution in [0.25, 0.3) is 0 Å². The highest BCUT2D eigenvalue weighted by molar-refractivity contribution is 6.67. The first kappa shape index (κ1) is 13.7. The molecule has 1 aromatic rings. The second-order valence-corrected chi connectivity index (χ2v) is 3.20. The summed E-state index contributed by atoms with van der Waals surface area (Å²) in [6, 6.07) is 6.31. The highest BCUT2D eigenvalue weighted by Gasteiger charge is 2.26. The number of oxime groups is 1. The van der Waals surface area contributed by atoms with E-state index in [1.54, 1.807) is 25.1 Å². The molecular formula is C12H13NO5. The van der Waals surface area contributed by atoms with Crippen molar-refractivity contribution in [2.24, 2.45) is 5.16 Å². The fourth-order valence-electron chi connectivity index (χ4n) is 1.34. The van der Waals surface area contributed by atoms with E-state index in [0.29, 0.717) is 0 Å². The van der Waals surface area contributed by atoms with Gasteiger partial charge in [-0.2, -0.15) is 0 Å². The molecule has 0 aliphatic heterocycles. The number of para-hydroxylation sites is 1. The third kappa shape index (κ3) is 2.85. The third-order valence-electron chi connectivity index (χ3n) is 2.14. The summed E-state index contributed by atoms with van der Waals surface area (Å²) in [6.45, 7) is 1.66. The molecule has 0 spiro atoms. The second-order valence-electron chi connectivity index (χ2n) is 3.20. The lowest BCUT2D eigenvalue weighted by Crippen LogP contribution is -2.27. The van der Waals surface area contributed by atoms with Crippen molar-refractivity contribution in [1.29, 1.82) is 0 Å². The van der Waals surface area contributed by atoms with Gasteiger partial charge in [0.25, 0.3) is 0 Å². The van der Waals surface area contributed by atoms with Crippen molar-refractivity contribution in [1.82, 2.24) is 0 Å². The molecule has 1 N–H and O–H groups in total. The Morgan fingerprint density at radius 3 is 2.56 bits per heavy atom. The number of hydrogen-bond acceptors (Lipinski definition) is 6. The zero-order valence-corrected chi connectivity index (χ0v) is 10.0. The first-order valence-electron chi connectivity index (χ1n) is 5.22. The van der Waals surface area contributed by atoms with Crippen LogP contribution in [0.3, 0.4) is 0 Å². The average Bonchev–Trinajstić information content (AvgIpc) is 2.39. The molecule has 0 atom stereocenters. The molecule has 1 aromatic carbocycles. The monoisotopic (exact) mass is 251 g/mol. The maximum absolute atomic E-state index is 12.0. The highest BCUT2D eigenvalue weighted by Crippen LogP contribution is 2.18. The molecule has 0 aromatic heterocycles. The lowest BCUT2D eigenvalue weighted by atomic mass is 10.1. The van der Waals surface area contributed by atoms with E-state index in [1.807, 2.05) is 0 Å². The minimum atomic E-state index is -0.976. The molecule has 0 aliphatic carbocycles. The Balaban J connectivity index is 3.09. The molecule has 0 fully saturated rings. The van der Waals surface area contributed by atoms with Gasteiger partial charge in [0, 0.05) is 0 Å². The number of methoxy groups -OCH3 is 1. The summed E-state index contributed by atoms with van der Waals surface area (Å²) >= 11 is 0. The van der Waals surface area contributed by atoms with Gasteiger partial charge in [-0.15, -0.1) is 0 Å². The van der Waals surface area contributed by atoms with Crippen LogP contribution < -0.4 is 4.74 Å². The Labute approximate surface area is 104 Å². The minimum Gasteiger partial charge on any atom is -0.496 e. The third-order valence-corrected chi connectivity index (χ3v) is 2.14. The van der Waals surface area contributed by atoms with Crippen LogP contribution in [0.2, 0.25) is 0 Å². The van der Waals surface area contributed by atoms with Gasteiger partial charge in [0.1, 0.15) is 5.75 Å². The van der Waals surface area contributed by atoms with Crippen LogP contribution >= 0.6 is 0 Å². The Hall–Kier alpha value is -2.37. The number of ketones is 1. The van der Waals surface area contributed by atoms with E-state index < -0.39 is 17.5 Å². The van der Waals surface area contributed by atoms with Crippen LogP contribution in [-0.4, -0.2) is 36.4 Å². The molecule has 0 saturated carbocycles. The van der Waals surface area contributed by atoms with Crippen LogP contribution in [0.1, 0.15) is 17.3 Å². The smallest absolute Gasteiger partial charge is 0.364 e. The summed E-state index contributed by atoms with van der Waals surface area (Å²) in [7, 11) is 1.40. The maximum Gasteiger partial charge on any atom is 0.364 e. The number of ether oxygens (including phenoxy) is 2. The number of benzene rings is 1. The number of hydrogen-bond donors (Lipinski definition) is 1. The number of nitrogens with zero attached hydrogens (tertiary/aromatic N) is 1. The maximum atomic E-state index is 12.0. The standard InChI is InChI=1S/C12H13NO5/c1-3-18-12(15)10(13-16)11(14)8-6-4-5-7-9(8)17-2/h4-7,16H,3H2,1-2H3/b13-10-. The van der Waals surface area contributed by atoms with Gasteiger partial charge in [-0.3, -0.25) is 4.79 Å². The van der Waals surface area contributed by atoms with Crippen molar-refractivity contribution in [2.75, 3.05) is 13.7 Å². The van der Waals surface area contributed by atoms with E-state index >= 15 is 0 Å². The van der Waals surface area contributed by atoms with Crippen molar-refractivity contribution in [2.45, 2.75) is 6.92 Å². The number of esters is 1. The Morgan fingerprint density at radius 2 is 2.00 bits per heavy atom. The summed E-state index contributed by atoms with van der Waals surface area (Å²) in [4.78, 5) is 23.4. The predicted molar refractivity (Wildman–Crippen MR) is 63.2 cm³/mol. The van der Waals surface area contributed by atoms with Crippen molar-refractivity contribution in [3.8, 4) is 5.75 Å². The Kier molecular flexibility index (Phi) is 4.86. The van der Waals surface area contributed by atoms with Gasteiger partial charge in [-0.25, -0.2) is 4.79 Å². The van der Waals surface area contributed by atoms with E-state index in [2.05, 4.69) is 9.89 Å². The number of carbonyl (C=O) groups excluding carboxylic acids is 2. The first-order chi connectivity index (χ1) is 8.65. The van der Waals surface area contributed by atoms with Gasteiger partial charge in [0.05, 0.1) is 19.3 Å². The van der Waals surface area contributed by atoms with Crippen LogP contribution in [0.5, 0.6) is 5.75 Å². The Morgan fingerprint density at radius 1 is 1.33 bits per heavy atom. The Bertz CT molecular complexity index is 481. The van der Waals surface area contributed by atoms with Gasteiger partial charge in [0.15, 0.2) is 0 Å². The molecule has 0 saturated heterocycles. The molecule has 18 heavy (non-hydrogen) atoms. The normalized spacial score (nSPS) is 10.9. The van der Waals surface area contributed by atoms with E-state index in [0.717, 1.165) is 0 Å². The molecule has 6 heteroatoms. The van der Waals surface area contributed by atoms with Crippen molar-refractivity contribution < 1.29 is 24.3 Å². The van der Waals surface area contributed by atoms with Crippen molar-refractivity contribution in [3.05, 3.63) is 29.8 Å². The van der Waals surface area contributed by atoms with E-state index in [-0.39, 0.29) is 17.9 Å². The molecule has 0 radical (unpaired) electrons. The molecule has 0 amide bonds. The fourth-order valence-corrected chi connectivity index (χ4v) is 1.34. The number of Topliss-reactive ketones (excluding diaryl/α,β-unsaturated/α-hetero) is 1. The molecule has 96 valence electrons. The average molecular weight is 251 g/mol. The molecule has 0 aliphatic rings. The summed E-state index contributed by atoms with van der Waals surface area (Å²) in [5.41, 5.74) is -0.554. The minimum absolute atomic E-state index is 0.0804. The van der Waals surface area contributed by atoms with Crippen molar-refractivity contribution >= 4 is 17.5 Å². The summed E-state index contributed by atoms with van der Waals surface area (Å²) in [6.07, 6.45) is 0. The molecule has 0 heterocycles. The molecule has 1 rings (SSSR count). The lowest BCUT2D eigenvalue weighted by molar-refractivity contribution is -0.135. The van der Waals surface area contributed by atoms with Gasteiger partial charge < -0.3 is 14.7 Å². The molecule has 6 nitrogen and oxygen atoms in total. The topological polar surface area (TPSA) is 85.2 Å². The second kappa shape index (κ2) is 6.39. The fraction of sp³-hybridized carbons (Fsp3) is 0.250. The molecular weight excluding hydrogens is 238 g/mol. The van der Waals surface area contributed by atoms with E-state index in [1.165, 1.54) is 13.2 Å². The number of carbonyl (C=O) groups is 2. The quantitative estimate of drug-likeness (QED) is 0.213. The van der Waals surface area contributed by atoms with E-state index in [4.69, 9.17) is 9.94 Å². The first-order valence-corrected chi connectivity index (χ1v) is 5.22. The largest absolute Gasteiger partial charge is 0.496 e. The lowest BCUT2D eigenvalue weighted by Gasteiger charge is -2.07. The summed E-state index contributed by atoms with van der Waals surface area (Å²) < 4.78 is 9.61. The van der Waals surface area contributed by atoms with Crippen LogP contribution in [-0.2, 0) is 9.53 Å². The summed E-state index contributed by atoms with van der Waals surface area (Å²) in [5, 5.41) is 11.4.